The molecule has 0 bridgehead atoms. The topological polar surface area (TPSA) is 59.1 Å². The number of rotatable bonds is 5. The lowest BCUT2D eigenvalue weighted by molar-refractivity contribution is -0.120. The fourth-order valence-corrected chi connectivity index (χ4v) is 4.42. The maximum Gasteiger partial charge on any atom is 0.282 e. The van der Waals surface area contributed by atoms with Crippen LogP contribution in [0, 0.1) is 5.82 Å². The number of ether oxygens (including phenoxy) is 2. The van der Waals surface area contributed by atoms with Crippen LogP contribution < -0.4 is 19.3 Å². The number of nitrogens with zero attached hydrogens (tertiary/aromatic N) is 2. The van der Waals surface area contributed by atoms with Crippen LogP contribution >= 0.6 is 0 Å². The summed E-state index contributed by atoms with van der Waals surface area (Å²) in [6.45, 7) is 0.571. The van der Waals surface area contributed by atoms with E-state index in [9.17, 15) is 14.0 Å². The first-order valence-corrected chi connectivity index (χ1v) is 10.5. The summed E-state index contributed by atoms with van der Waals surface area (Å²) in [5.41, 5.74) is 3.41. The third-order valence-electron chi connectivity index (χ3n) is 5.97. The summed E-state index contributed by atoms with van der Waals surface area (Å²) in [6, 6.07) is 18.3. The van der Waals surface area contributed by atoms with Crippen molar-refractivity contribution in [1.82, 2.24) is 0 Å². The van der Waals surface area contributed by atoms with E-state index in [2.05, 4.69) is 0 Å². The van der Waals surface area contributed by atoms with Gasteiger partial charge in [-0.1, -0.05) is 24.3 Å². The van der Waals surface area contributed by atoms with E-state index in [4.69, 9.17) is 9.47 Å². The van der Waals surface area contributed by atoms with Crippen LogP contribution in [0.5, 0.6) is 11.5 Å². The first kappa shape index (κ1) is 20.8. The number of methoxy groups -OCH3 is 2. The van der Waals surface area contributed by atoms with Crippen molar-refractivity contribution in [2.45, 2.75) is 6.42 Å². The van der Waals surface area contributed by atoms with Gasteiger partial charge in [0.05, 0.1) is 25.5 Å². The molecule has 2 aliphatic rings. The van der Waals surface area contributed by atoms with E-state index < -0.39 is 17.6 Å². The minimum atomic E-state index is -0.474. The van der Waals surface area contributed by atoms with Crippen LogP contribution in [0.15, 0.2) is 72.4 Å². The second-order valence-corrected chi connectivity index (χ2v) is 7.75. The van der Waals surface area contributed by atoms with Crippen molar-refractivity contribution in [2.75, 3.05) is 30.6 Å². The number of carbonyl (C=O) groups excluding carboxylic acids is 2. The molecule has 33 heavy (non-hydrogen) atoms. The van der Waals surface area contributed by atoms with Crippen molar-refractivity contribution in [3.63, 3.8) is 0 Å². The number of benzene rings is 3. The molecule has 0 spiro atoms. The normalized spacial score (nSPS) is 15.4. The molecule has 2 heterocycles. The molecular weight excluding hydrogens is 423 g/mol. The molecule has 0 aromatic heterocycles. The summed E-state index contributed by atoms with van der Waals surface area (Å²) >= 11 is 0. The minimum Gasteiger partial charge on any atom is -0.493 e. The standard InChI is InChI=1S/C26H21FN2O4/c1-32-21-12-7-17(15-22(21)33-2)23-24(28-14-13-16-5-3-4-6-20(16)28)26(31)29(25(23)30)19-10-8-18(27)9-11-19/h3-12,15H,13-14H2,1-2H3. The van der Waals surface area contributed by atoms with Gasteiger partial charge in [-0.05, 0) is 60.0 Å². The SMILES string of the molecule is COc1ccc(C2=C(N3CCc4ccccc43)C(=O)N(c3ccc(F)cc3)C2=O)cc1OC. The Morgan fingerprint density at radius 3 is 2.30 bits per heavy atom. The van der Waals surface area contributed by atoms with E-state index >= 15 is 0 Å². The number of anilines is 2. The predicted octanol–water partition coefficient (Wildman–Crippen LogP) is 4.19. The summed E-state index contributed by atoms with van der Waals surface area (Å²) in [4.78, 5) is 30.4. The molecule has 0 fully saturated rings. The van der Waals surface area contributed by atoms with Gasteiger partial charge in [0.2, 0.25) is 0 Å². The van der Waals surface area contributed by atoms with Gasteiger partial charge >= 0.3 is 0 Å². The van der Waals surface area contributed by atoms with Crippen molar-refractivity contribution in [1.29, 1.82) is 0 Å². The largest absolute Gasteiger partial charge is 0.493 e. The summed E-state index contributed by atoms with van der Waals surface area (Å²) in [6.07, 6.45) is 0.761. The van der Waals surface area contributed by atoms with E-state index in [0.717, 1.165) is 22.6 Å². The van der Waals surface area contributed by atoms with Gasteiger partial charge in [0.1, 0.15) is 11.5 Å². The fraction of sp³-hybridized carbons (Fsp3) is 0.154. The van der Waals surface area contributed by atoms with Gasteiger partial charge in [0.25, 0.3) is 11.8 Å². The Kier molecular flexibility index (Phi) is 5.09. The predicted molar refractivity (Wildman–Crippen MR) is 123 cm³/mol. The van der Waals surface area contributed by atoms with Crippen molar-refractivity contribution >= 4 is 28.8 Å². The molecule has 3 aromatic rings. The average Bonchev–Trinajstić information content (AvgIpc) is 3.37. The van der Waals surface area contributed by atoms with Crippen LogP contribution in [0.3, 0.4) is 0 Å². The van der Waals surface area contributed by atoms with Crippen molar-refractivity contribution in [2.24, 2.45) is 0 Å². The Bertz CT molecular complexity index is 1300. The third kappa shape index (κ3) is 3.33. The van der Waals surface area contributed by atoms with Gasteiger partial charge in [0, 0.05) is 12.2 Å². The molecule has 0 atom stereocenters. The molecule has 0 saturated carbocycles. The number of carbonyl (C=O) groups is 2. The van der Waals surface area contributed by atoms with Crippen molar-refractivity contribution < 1.29 is 23.5 Å². The van der Waals surface area contributed by atoms with Crippen LogP contribution in [-0.2, 0) is 16.0 Å². The third-order valence-corrected chi connectivity index (χ3v) is 5.97. The van der Waals surface area contributed by atoms with Gasteiger partial charge in [-0.3, -0.25) is 9.59 Å². The summed E-state index contributed by atoms with van der Waals surface area (Å²) in [7, 11) is 3.05. The second-order valence-electron chi connectivity index (χ2n) is 7.75. The monoisotopic (exact) mass is 444 g/mol. The first-order valence-electron chi connectivity index (χ1n) is 10.5. The number of para-hydroxylation sites is 1. The molecule has 2 amide bonds. The highest BCUT2D eigenvalue weighted by Crippen LogP contribution is 2.41. The maximum atomic E-state index is 13.7. The summed E-state index contributed by atoms with van der Waals surface area (Å²) < 4.78 is 24.3. The van der Waals surface area contributed by atoms with E-state index in [-0.39, 0.29) is 5.57 Å². The Balaban J connectivity index is 1.69. The zero-order valence-corrected chi connectivity index (χ0v) is 18.2. The van der Waals surface area contributed by atoms with E-state index in [1.807, 2.05) is 29.2 Å². The van der Waals surface area contributed by atoms with Crippen LogP contribution in [-0.4, -0.2) is 32.6 Å². The number of hydrogen-bond donors (Lipinski definition) is 0. The average molecular weight is 444 g/mol. The lowest BCUT2D eigenvalue weighted by Gasteiger charge is -2.22. The zero-order chi connectivity index (χ0) is 23.1. The number of hydrogen-bond acceptors (Lipinski definition) is 5. The molecule has 0 aliphatic carbocycles. The number of amides is 2. The number of halogens is 1. The highest BCUT2D eigenvalue weighted by atomic mass is 19.1. The molecule has 5 rings (SSSR count). The second kappa shape index (κ2) is 8.09. The summed E-state index contributed by atoms with van der Waals surface area (Å²) in [5.74, 6) is -0.405. The highest BCUT2D eigenvalue weighted by molar-refractivity contribution is 6.46. The Morgan fingerprint density at radius 2 is 1.58 bits per heavy atom. The maximum absolute atomic E-state index is 13.7. The van der Waals surface area contributed by atoms with Crippen LogP contribution in [0.4, 0.5) is 15.8 Å². The highest BCUT2D eigenvalue weighted by Gasteiger charge is 2.44. The van der Waals surface area contributed by atoms with E-state index in [1.165, 1.54) is 38.5 Å². The number of imide groups is 1. The van der Waals surface area contributed by atoms with Gasteiger partial charge in [-0.2, -0.15) is 0 Å². The van der Waals surface area contributed by atoms with Crippen molar-refractivity contribution in [3.8, 4) is 11.5 Å². The van der Waals surface area contributed by atoms with Crippen LogP contribution in [0.2, 0.25) is 0 Å². The zero-order valence-electron chi connectivity index (χ0n) is 18.2. The number of fused-ring (bicyclic) bond motifs is 1. The lowest BCUT2D eigenvalue weighted by Crippen LogP contribution is -2.34. The molecule has 7 heteroatoms. The van der Waals surface area contributed by atoms with Gasteiger partial charge < -0.3 is 14.4 Å². The molecule has 3 aromatic carbocycles. The Labute approximate surface area is 190 Å². The fourth-order valence-electron chi connectivity index (χ4n) is 4.42. The van der Waals surface area contributed by atoms with Crippen LogP contribution in [0.1, 0.15) is 11.1 Å². The Hall–Kier alpha value is -4.13. The summed E-state index contributed by atoms with van der Waals surface area (Å²) in [5, 5.41) is 0. The molecule has 0 saturated heterocycles. The lowest BCUT2D eigenvalue weighted by atomic mass is 10.0. The molecule has 6 nitrogen and oxygen atoms in total. The van der Waals surface area contributed by atoms with Gasteiger partial charge in [0.15, 0.2) is 11.5 Å². The van der Waals surface area contributed by atoms with Crippen molar-refractivity contribution in [3.05, 3.63) is 89.4 Å². The van der Waals surface area contributed by atoms with Crippen LogP contribution in [0.25, 0.3) is 5.57 Å². The van der Waals surface area contributed by atoms with E-state index in [0.29, 0.717) is 35.0 Å². The van der Waals surface area contributed by atoms with E-state index in [1.54, 1.807) is 18.2 Å². The molecule has 0 radical (unpaired) electrons. The smallest absolute Gasteiger partial charge is 0.282 e. The quantitative estimate of drug-likeness (QED) is 0.553. The molecule has 2 aliphatic heterocycles. The van der Waals surface area contributed by atoms with Gasteiger partial charge in [-0.25, -0.2) is 9.29 Å². The molecule has 0 N–H and O–H groups in total. The molecular formula is C26H21FN2O4. The molecule has 0 unspecified atom stereocenters. The molecule has 166 valence electrons. The Morgan fingerprint density at radius 1 is 0.848 bits per heavy atom. The first-order chi connectivity index (χ1) is 16.0. The minimum absolute atomic E-state index is 0.266. The van der Waals surface area contributed by atoms with Gasteiger partial charge in [-0.15, -0.1) is 0 Å².